The fraction of sp³-hybridized carbons (Fsp3) is 0.476. The largest absolute Gasteiger partial charge is 0.462 e. The van der Waals surface area contributed by atoms with E-state index >= 15 is 0 Å². The van der Waals surface area contributed by atoms with Gasteiger partial charge in [-0.25, -0.2) is 13.2 Å². The minimum atomic E-state index is -3.57. The third-order valence-corrected chi connectivity index (χ3v) is 8.58. The molecule has 0 atom stereocenters. The molecule has 0 bridgehead atoms. The Morgan fingerprint density at radius 2 is 1.81 bits per heavy atom. The Bertz CT molecular complexity index is 1140. The quantitative estimate of drug-likeness (QED) is 0.633. The van der Waals surface area contributed by atoms with Crippen molar-refractivity contribution in [1.82, 2.24) is 8.87 Å². The van der Waals surface area contributed by atoms with Crippen LogP contribution in [-0.2, 0) is 21.8 Å². The zero-order valence-corrected chi connectivity index (χ0v) is 19.8. The number of carbonyl (C=O) groups excluding carboxylic acids is 2. The minimum Gasteiger partial charge on any atom is -0.462 e. The Morgan fingerprint density at radius 1 is 1.19 bits per heavy atom. The van der Waals surface area contributed by atoms with E-state index in [4.69, 9.17) is 4.74 Å². The van der Waals surface area contributed by atoms with Crippen molar-refractivity contribution in [3.63, 3.8) is 0 Å². The Morgan fingerprint density at radius 3 is 2.39 bits per heavy atom. The first-order chi connectivity index (χ1) is 14.6. The van der Waals surface area contributed by atoms with Gasteiger partial charge < -0.3 is 9.30 Å². The average Bonchev–Trinajstić information content (AvgIpc) is 3.03. The lowest BCUT2D eigenvalue weighted by atomic mass is 10.0. The van der Waals surface area contributed by atoms with Gasteiger partial charge in [0.2, 0.25) is 10.0 Å². The number of rotatable bonds is 5. The number of amides is 1. The van der Waals surface area contributed by atoms with Crippen LogP contribution in [0.25, 0.3) is 0 Å². The number of aromatic nitrogens is 1. The maximum Gasteiger partial charge on any atom is 0.350 e. The Labute approximate surface area is 186 Å². The molecule has 0 aliphatic carbocycles. The maximum atomic E-state index is 12.8. The Kier molecular flexibility index (Phi) is 7.13. The summed E-state index contributed by atoms with van der Waals surface area (Å²) < 4.78 is 33.9. The Hall–Kier alpha value is -2.30. The minimum absolute atomic E-state index is 0.167. The molecular weight excluding hydrogens is 438 g/mol. The third kappa shape index (κ3) is 4.97. The van der Waals surface area contributed by atoms with Crippen molar-refractivity contribution in [2.45, 2.75) is 38.5 Å². The molecule has 2 aromatic rings. The van der Waals surface area contributed by atoms with Crippen molar-refractivity contribution >= 4 is 33.2 Å². The highest BCUT2D eigenvalue weighted by atomic mass is 32.2. The van der Waals surface area contributed by atoms with E-state index in [0.29, 0.717) is 34.4 Å². The molecule has 10 heteroatoms. The van der Waals surface area contributed by atoms with E-state index in [-0.39, 0.29) is 17.1 Å². The molecule has 0 radical (unpaired) electrons. The summed E-state index contributed by atoms with van der Waals surface area (Å²) in [6.45, 7) is 6.89. The smallest absolute Gasteiger partial charge is 0.350 e. The van der Waals surface area contributed by atoms with Gasteiger partial charge in [-0.05, 0) is 56.9 Å². The molecule has 1 aromatic heterocycles. The number of benzene rings is 1. The fourth-order valence-electron chi connectivity index (χ4n) is 3.31. The number of ether oxygens (including phenoxy) is 1. The zero-order chi connectivity index (χ0) is 22.8. The molecule has 2 heterocycles. The van der Waals surface area contributed by atoms with E-state index < -0.39 is 21.9 Å². The lowest BCUT2D eigenvalue weighted by Crippen LogP contribution is -2.37. The average molecular weight is 466 g/mol. The van der Waals surface area contributed by atoms with Crippen molar-refractivity contribution in [3.05, 3.63) is 45.2 Å². The second kappa shape index (κ2) is 9.46. The molecule has 168 valence electrons. The van der Waals surface area contributed by atoms with Gasteiger partial charge in [0, 0.05) is 31.4 Å². The molecule has 1 saturated heterocycles. The molecule has 8 nitrogen and oxygen atoms in total. The summed E-state index contributed by atoms with van der Waals surface area (Å²) in [7, 11) is -1.85. The number of esters is 1. The van der Waals surface area contributed by atoms with Crippen LogP contribution >= 0.6 is 11.3 Å². The van der Waals surface area contributed by atoms with Gasteiger partial charge in [-0.1, -0.05) is 18.3 Å². The van der Waals surface area contributed by atoms with Crippen molar-refractivity contribution in [2.24, 2.45) is 18.0 Å². The number of hydrogen-bond donors (Lipinski definition) is 0. The predicted molar refractivity (Wildman–Crippen MR) is 117 cm³/mol. The van der Waals surface area contributed by atoms with E-state index in [0.717, 1.165) is 24.2 Å². The molecular formula is C21H27N3O5S2. The van der Waals surface area contributed by atoms with Crippen LogP contribution in [0.4, 0.5) is 0 Å². The maximum absolute atomic E-state index is 12.8. The summed E-state index contributed by atoms with van der Waals surface area (Å²) >= 11 is 1.08. The van der Waals surface area contributed by atoms with Gasteiger partial charge in [0.1, 0.15) is 4.88 Å². The van der Waals surface area contributed by atoms with Crippen molar-refractivity contribution in [2.75, 3.05) is 19.7 Å². The number of hydrogen-bond acceptors (Lipinski definition) is 6. The van der Waals surface area contributed by atoms with Crippen LogP contribution in [0.2, 0.25) is 0 Å². The molecule has 0 unspecified atom stereocenters. The first-order valence-electron chi connectivity index (χ1n) is 10.2. The van der Waals surface area contributed by atoms with E-state index in [1.54, 1.807) is 25.5 Å². The monoisotopic (exact) mass is 465 g/mol. The Balaban J connectivity index is 1.83. The molecule has 1 amide bonds. The van der Waals surface area contributed by atoms with Crippen molar-refractivity contribution in [1.29, 1.82) is 0 Å². The molecule has 3 rings (SSSR count). The molecule has 0 N–H and O–H groups in total. The third-order valence-electron chi connectivity index (χ3n) is 5.45. The van der Waals surface area contributed by atoms with E-state index in [1.807, 2.05) is 0 Å². The van der Waals surface area contributed by atoms with E-state index in [9.17, 15) is 18.0 Å². The number of thiazole rings is 1. The van der Waals surface area contributed by atoms with Gasteiger partial charge in [0.05, 0.1) is 11.5 Å². The lowest BCUT2D eigenvalue weighted by molar-refractivity contribution is 0.0530. The molecule has 0 spiro atoms. The van der Waals surface area contributed by atoms with Gasteiger partial charge in [-0.2, -0.15) is 9.30 Å². The van der Waals surface area contributed by atoms with Crippen LogP contribution in [0.5, 0.6) is 0 Å². The number of nitrogens with zero attached hydrogens (tertiary/aromatic N) is 3. The zero-order valence-electron chi connectivity index (χ0n) is 18.1. The van der Waals surface area contributed by atoms with Crippen LogP contribution in [0, 0.1) is 12.8 Å². The summed E-state index contributed by atoms with van der Waals surface area (Å²) in [6.07, 6.45) is 1.69. The van der Waals surface area contributed by atoms with Gasteiger partial charge >= 0.3 is 5.97 Å². The van der Waals surface area contributed by atoms with Crippen LogP contribution < -0.4 is 4.80 Å². The van der Waals surface area contributed by atoms with Crippen LogP contribution in [0.1, 0.15) is 52.4 Å². The fourth-order valence-corrected chi connectivity index (χ4v) is 5.79. The van der Waals surface area contributed by atoms with Gasteiger partial charge in [0.25, 0.3) is 5.91 Å². The van der Waals surface area contributed by atoms with Crippen molar-refractivity contribution < 1.29 is 22.7 Å². The number of sulfonamides is 1. The van der Waals surface area contributed by atoms with Gasteiger partial charge in [-0.15, -0.1) is 0 Å². The molecule has 1 fully saturated rings. The summed E-state index contributed by atoms with van der Waals surface area (Å²) in [6, 6.07) is 5.83. The molecule has 1 aliphatic heterocycles. The first-order valence-corrected chi connectivity index (χ1v) is 12.4. The SMILES string of the molecule is CCOC(=O)c1sc(=NC(=O)c2ccc(S(=O)(=O)N3CCC(C)CC3)cc2)n(C)c1C. The van der Waals surface area contributed by atoms with Gasteiger partial charge in [-0.3, -0.25) is 4.79 Å². The second-order valence-electron chi connectivity index (χ2n) is 7.61. The standard InChI is InChI=1S/C21H27N3O5S2/c1-5-29-20(26)18-15(3)23(4)21(30-18)22-19(25)16-6-8-17(9-7-16)31(27,28)24-12-10-14(2)11-13-24/h6-9,14H,5,10-13H2,1-4H3. The van der Waals surface area contributed by atoms with Crippen LogP contribution in [-0.4, -0.2) is 48.9 Å². The highest BCUT2D eigenvalue weighted by Crippen LogP contribution is 2.23. The van der Waals surface area contributed by atoms with Gasteiger partial charge in [0.15, 0.2) is 4.80 Å². The summed E-state index contributed by atoms with van der Waals surface area (Å²) in [5.74, 6) is -0.432. The summed E-state index contributed by atoms with van der Waals surface area (Å²) in [5, 5.41) is 0. The van der Waals surface area contributed by atoms with Crippen LogP contribution in [0.15, 0.2) is 34.2 Å². The molecule has 0 saturated carbocycles. The highest BCUT2D eigenvalue weighted by Gasteiger charge is 2.28. The molecule has 31 heavy (non-hydrogen) atoms. The predicted octanol–water partition coefficient (Wildman–Crippen LogP) is 2.73. The van der Waals surface area contributed by atoms with Crippen molar-refractivity contribution in [3.8, 4) is 0 Å². The highest BCUT2D eigenvalue weighted by molar-refractivity contribution is 7.89. The number of piperidine rings is 1. The first kappa shape index (κ1) is 23.4. The second-order valence-corrected chi connectivity index (χ2v) is 10.5. The molecule has 1 aliphatic rings. The molecule has 1 aromatic carbocycles. The normalized spacial score (nSPS) is 16.5. The summed E-state index contributed by atoms with van der Waals surface area (Å²) in [5.41, 5.74) is 0.933. The van der Waals surface area contributed by atoms with E-state index in [2.05, 4.69) is 11.9 Å². The summed E-state index contributed by atoms with van der Waals surface area (Å²) in [4.78, 5) is 29.7. The van der Waals surface area contributed by atoms with Crippen LogP contribution in [0.3, 0.4) is 0 Å². The lowest BCUT2D eigenvalue weighted by Gasteiger charge is -2.29. The van der Waals surface area contributed by atoms with E-state index in [1.165, 1.54) is 28.6 Å². The number of carbonyl (C=O) groups is 2. The topological polar surface area (TPSA) is 98.0 Å².